The van der Waals surface area contributed by atoms with E-state index >= 15 is 0 Å². The molecule has 0 spiro atoms. The zero-order valence-electron chi connectivity index (χ0n) is 11.7. The normalized spacial score (nSPS) is 19.8. The quantitative estimate of drug-likeness (QED) is 0.882. The summed E-state index contributed by atoms with van der Waals surface area (Å²) in [4.78, 5) is 0. The monoisotopic (exact) mass is 261 g/mol. The number of benzene rings is 1. The molecule has 3 heteroatoms. The first-order valence-electron chi connectivity index (χ1n) is 7.49. The second kappa shape index (κ2) is 5.83. The first-order valence-corrected chi connectivity index (χ1v) is 7.49. The maximum absolute atomic E-state index is 5.79. The molecule has 1 heterocycles. The summed E-state index contributed by atoms with van der Waals surface area (Å²) in [6.45, 7) is 4.69. The van der Waals surface area contributed by atoms with Crippen molar-refractivity contribution >= 4 is 0 Å². The molecule has 1 atom stereocenters. The van der Waals surface area contributed by atoms with Crippen LogP contribution in [0.5, 0.6) is 11.5 Å². The van der Waals surface area contributed by atoms with Gasteiger partial charge in [0.15, 0.2) is 11.5 Å². The summed E-state index contributed by atoms with van der Waals surface area (Å²) in [5, 5.41) is 3.60. The Morgan fingerprint density at radius 2 is 2.00 bits per heavy atom. The predicted molar refractivity (Wildman–Crippen MR) is 75.8 cm³/mol. The lowest BCUT2D eigenvalue weighted by Gasteiger charge is -2.19. The summed E-state index contributed by atoms with van der Waals surface area (Å²) in [6.07, 6.45) is 5.00. The van der Waals surface area contributed by atoms with Gasteiger partial charge in [-0.2, -0.15) is 0 Å². The highest BCUT2D eigenvalue weighted by Crippen LogP contribution is 2.39. The minimum absolute atomic E-state index is 0.453. The lowest BCUT2D eigenvalue weighted by Crippen LogP contribution is -2.21. The molecule has 0 radical (unpaired) electrons. The van der Waals surface area contributed by atoms with Gasteiger partial charge in [-0.15, -0.1) is 0 Å². The van der Waals surface area contributed by atoms with Gasteiger partial charge in [0.25, 0.3) is 0 Å². The molecule has 2 aliphatic rings. The molecule has 0 saturated heterocycles. The Balaban J connectivity index is 1.79. The fourth-order valence-corrected chi connectivity index (χ4v) is 2.67. The molecule has 1 unspecified atom stereocenters. The van der Waals surface area contributed by atoms with E-state index in [2.05, 4.69) is 30.4 Å². The molecule has 0 amide bonds. The molecule has 0 bridgehead atoms. The Kier molecular flexibility index (Phi) is 3.92. The summed E-state index contributed by atoms with van der Waals surface area (Å²) >= 11 is 0. The number of hydrogen-bond acceptors (Lipinski definition) is 3. The molecule has 104 valence electrons. The van der Waals surface area contributed by atoms with E-state index in [9.17, 15) is 0 Å². The third-order valence-electron chi connectivity index (χ3n) is 3.89. The molecule has 19 heavy (non-hydrogen) atoms. The van der Waals surface area contributed by atoms with Crippen LogP contribution in [-0.4, -0.2) is 19.8 Å². The van der Waals surface area contributed by atoms with Crippen LogP contribution in [0.2, 0.25) is 0 Å². The highest BCUT2D eigenvalue weighted by atomic mass is 16.5. The summed E-state index contributed by atoms with van der Waals surface area (Å²) in [5.74, 6) is 2.72. The molecule has 1 aromatic rings. The Bertz CT molecular complexity index is 429. The van der Waals surface area contributed by atoms with Gasteiger partial charge in [-0.1, -0.05) is 25.8 Å². The van der Waals surface area contributed by atoms with Crippen molar-refractivity contribution < 1.29 is 9.47 Å². The van der Waals surface area contributed by atoms with Gasteiger partial charge >= 0.3 is 0 Å². The number of fused-ring (bicyclic) bond motifs is 1. The van der Waals surface area contributed by atoms with Gasteiger partial charge in [0.05, 0.1) is 13.2 Å². The molecule has 1 fully saturated rings. The number of nitrogens with one attached hydrogen (secondary N) is 1. The number of rotatable bonds is 5. The van der Waals surface area contributed by atoms with Gasteiger partial charge in [0.1, 0.15) is 0 Å². The molecule has 1 aliphatic carbocycles. The second-order valence-electron chi connectivity index (χ2n) is 5.55. The highest BCUT2D eigenvalue weighted by molar-refractivity contribution is 5.44. The fraction of sp³-hybridized carbons (Fsp3) is 0.625. The van der Waals surface area contributed by atoms with Crippen molar-refractivity contribution in [3.05, 3.63) is 23.8 Å². The first-order chi connectivity index (χ1) is 9.36. The van der Waals surface area contributed by atoms with Gasteiger partial charge < -0.3 is 14.8 Å². The van der Waals surface area contributed by atoms with Crippen molar-refractivity contribution in [2.75, 3.05) is 19.8 Å². The smallest absolute Gasteiger partial charge is 0.161 e. The minimum atomic E-state index is 0.453. The first kappa shape index (κ1) is 12.8. The van der Waals surface area contributed by atoms with Gasteiger partial charge in [0, 0.05) is 12.5 Å². The van der Waals surface area contributed by atoms with Crippen molar-refractivity contribution in [3.8, 4) is 11.5 Å². The van der Waals surface area contributed by atoms with Crippen LogP contribution >= 0.6 is 0 Å². The Labute approximate surface area is 115 Å². The van der Waals surface area contributed by atoms with Crippen molar-refractivity contribution in [2.45, 2.75) is 38.6 Å². The average Bonchev–Trinajstić information content (AvgIpc) is 3.23. The topological polar surface area (TPSA) is 30.5 Å². The van der Waals surface area contributed by atoms with Gasteiger partial charge in [-0.3, -0.25) is 0 Å². The van der Waals surface area contributed by atoms with Gasteiger partial charge in [-0.25, -0.2) is 0 Å². The molecule has 3 rings (SSSR count). The summed E-state index contributed by atoms with van der Waals surface area (Å²) in [7, 11) is 0. The average molecular weight is 261 g/mol. The summed E-state index contributed by atoms with van der Waals surface area (Å²) in [6, 6.07) is 6.86. The number of ether oxygens (including phenoxy) is 2. The molecular formula is C16H23NO2. The molecule has 1 N–H and O–H groups in total. The van der Waals surface area contributed by atoms with Crippen molar-refractivity contribution in [1.29, 1.82) is 0 Å². The van der Waals surface area contributed by atoms with E-state index in [0.717, 1.165) is 43.6 Å². The lowest BCUT2D eigenvalue weighted by molar-refractivity contribution is 0.297. The van der Waals surface area contributed by atoms with Crippen LogP contribution < -0.4 is 14.8 Å². The van der Waals surface area contributed by atoms with Crippen LogP contribution in [0, 0.1) is 5.92 Å². The van der Waals surface area contributed by atoms with Crippen LogP contribution in [0.1, 0.15) is 44.2 Å². The van der Waals surface area contributed by atoms with Crippen LogP contribution in [0.15, 0.2) is 18.2 Å². The molecular weight excluding hydrogens is 238 g/mol. The van der Waals surface area contributed by atoms with Crippen LogP contribution in [0.4, 0.5) is 0 Å². The Morgan fingerprint density at radius 1 is 1.21 bits per heavy atom. The highest BCUT2D eigenvalue weighted by Gasteiger charge is 2.26. The summed E-state index contributed by atoms with van der Waals surface area (Å²) in [5.41, 5.74) is 1.33. The Hall–Kier alpha value is -1.22. The van der Waals surface area contributed by atoms with Crippen LogP contribution in [0.25, 0.3) is 0 Å². The van der Waals surface area contributed by atoms with Crippen molar-refractivity contribution in [2.24, 2.45) is 5.92 Å². The second-order valence-corrected chi connectivity index (χ2v) is 5.55. The summed E-state index contributed by atoms with van der Waals surface area (Å²) < 4.78 is 11.5. The lowest BCUT2D eigenvalue weighted by atomic mass is 10.0. The Morgan fingerprint density at radius 3 is 2.74 bits per heavy atom. The zero-order chi connectivity index (χ0) is 13.1. The van der Waals surface area contributed by atoms with Crippen molar-refractivity contribution in [3.63, 3.8) is 0 Å². The standard InChI is InChI=1S/C16H23NO2/c1-2-17-14(10-12-4-5-12)13-6-7-15-16(11-13)19-9-3-8-18-15/h6-7,11-12,14,17H,2-5,8-10H2,1H3. The van der Waals surface area contributed by atoms with E-state index in [1.165, 1.54) is 24.8 Å². The van der Waals surface area contributed by atoms with E-state index in [1.807, 2.05) is 0 Å². The third kappa shape index (κ3) is 3.21. The third-order valence-corrected chi connectivity index (χ3v) is 3.89. The molecule has 1 aliphatic heterocycles. The van der Waals surface area contributed by atoms with E-state index in [-0.39, 0.29) is 0 Å². The van der Waals surface area contributed by atoms with Crippen LogP contribution in [0.3, 0.4) is 0 Å². The predicted octanol–water partition coefficient (Wildman–Crippen LogP) is 3.30. The number of hydrogen-bond donors (Lipinski definition) is 1. The van der Waals surface area contributed by atoms with E-state index < -0.39 is 0 Å². The van der Waals surface area contributed by atoms with E-state index in [0.29, 0.717) is 6.04 Å². The molecule has 0 aromatic heterocycles. The van der Waals surface area contributed by atoms with Gasteiger partial charge in [0.2, 0.25) is 0 Å². The van der Waals surface area contributed by atoms with Gasteiger partial charge in [-0.05, 0) is 36.6 Å². The zero-order valence-corrected chi connectivity index (χ0v) is 11.7. The minimum Gasteiger partial charge on any atom is -0.490 e. The fourth-order valence-electron chi connectivity index (χ4n) is 2.67. The molecule has 1 aromatic carbocycles. The van der Waals surface area contributed by atoms with Crippen LogP contribution in [-0.2, 0) is 0 Å². The van der Waals surface area contributed by atoms with E-state index in [1.54, 1.807) is 0 Å². The molecule has 3 nitrogen and oxygen atoms in total. The van der Waals surface area contributed by atoms with E-state index in [4.69, 9.17) is 9.47 Å². The maximum Gasteiger partial charge on any atom is 0.161 e. The SMILES string of the molecule is CCNC(CC1CC1)c1ccc2c(c1)OCCCO2. The maximum atomic E-state index is 5.79. The molecule has 1 saturated carbocycles. The van der Waals surface area contributed by atoms with Crippen molar-refractivity contribution in [1.82, 2.24) is 5.32 Å². The largest absolute Gasteiger partial charge is 0.490 e.